The third-order valence-electron chi connectivity index (χ3n) is 5.71. The van der Waals surface area contributed by atoms with Crippen molar-refractivity contribution in [1.29, 1.82) is 0 Å². The van der Waals surface area contributed by atoms with Gasteiger partial charge in [0, 0.05) is 42.6 Å². The molecule has 2 fully saturated rings. The largest absolute Gasteiger partial charge is 0.372 e. The summed E-state index contributed by atoms with van der Waals surface area (Å²) in [6.07, 6.45) is 6.29. The molecule has 2 amide bonds. The van der Waals surface area contributed by atoms with Gasteiger partial charge in [-0.15, -0.1) is 11.3 Å². The maximum Gasteiger partial charge on any atom is 0.248 e. The lowest BCUT2D eigenvalue weighted by atomic mass is 10.1. The summed E-state index contributed by atoms with van der Waals surface area (Å²) < 4.78 is 27.7. The molecule has 2 aliphatic rings. The Hall–Kier alpha value is -2.66. The molecule has 3 heterocycles. The molecule has 1 atom stereocenters. The number of hydrogen-bond acceptors (Lipinski definition) is 7. The highest BCUT2D eigenvalue weighted by molar-refractivity contribution is 7.93. The zero-order chi connectivity index (χ0) is 22.6. The Kier molecular flexibility index (Phi) is 6.95. The Morgan fingerprint density at radius 2 is 1.81 bits per heavy atom. The topological polar surface area (TPSA) is 112 Å². The van der Waals surface area contributed by atoms with Crippen LogP contribution in [0, 0.1) is 0 Å². The Balaban J connectivity index is 1.34. The number of piperidine rings is 1. The van der Waals surface area contributed by atoms with E-state index in [0.717, 1.165) is 31.6 Å². The molecule has 2 aliphatic heterocycles. The van der Waals surface area contributed by atoms with E-state index in [2.05, 4.69) is 19.9 Å². The van der Waals surface area contributed by atoms with Gasteiger partial charge in [-0.3, -0.25) is 14.3 Å². The van der Waals surface area contributed by atoms with Gasteiger partial charge in [-0.25, -0.2) is 13.4 Å². The maximum atomic E-state index is 12.7. The van der Waals surface area contributed by atoms with Gasteiger partial charge in [0.05, 0.1) is 0 Å². The van der Waals surface area contributed by atoms with Gasteiger partial charge in [0.1, 0.15) is 11.8 Å². The lowest BCUT2D eigenvalue weighted by molar-refractivity contribution is -0.134. The summed E-state index contributed by atoms with van der Waals surface area (Å²) in [7, 11) is -3.90. The number of thiazole rings is 1. The second-order valence-corrected chi connectivity index (χ2v) is 10.6. The number of carbonyl (C=O) groups excluding carboxylic acids is 2. The number of carbonyl (C=O) groups is 2. The van der Waals surface area contributed by atoms with Crippen LogP contribution >= 0.6 is 11.3 Å². The molecular weight excluding hydrogens is 450 g/mol. The van der Waals surface area contributed by atoms with Crippen molar-refractivity contribution in [1.82, 2.24) is 9.88 Å². The van der Waals surface area contributed by atoms with Crippen LogP contribution in [0.4, 0.5) is 16.5 Å². The number of amides is 2. The average Bonchev–Trinajstić information content (AvgIpc) is 3.46. The van der Waals surface area contributed by atoms with Crippen molar-refractivity contribution >= 4 is 49.7 Å². The van der Waals surface area contributed by atoms with Gasteiger partial charge in [0.2, 0.25) is 21.8 Å². The van der Waals surface area contributed by atoms with E-state index in [-0.39, 0.29) is 5.91 Å². The van der Waals surface area contributed by atoms with Crippen molar-refractivity contribution in [3.8, 4) is 0 Å². The van der Waals surface area contributed by atoms with Crippen LogP contribution in [-0.4, -0.2) is 61.5 Å². The minimum Gasteiger partial charge on any atom is -0.372 e. The van der Waals surface area contributed by atoms with Gasteiger partial charge in [-0.1, -0.05) is 0 Å². The van der Waals surface area contributed by atoms with E-state index in [4.69, 9.17) is 0 Å². The SMILES string of the molecule is O=C(Nc1nccs1)C1CCCN1C(=O)CS(=O)(=O)Nc1ccc(N2CCCCC2)cc1. The first kappa shape index (κ1) is 22.5. The molecule has 0 spiro atoms. The van der Waals surface area contributed by atoms with Gasteiger partial charge in [0.15, 0.2) is 5.13 Å². The molecule has 1 aromatic carbocycles. The van der Waals surface area contributed by atoms with E-state index in [0.29, 0.717) is 30.2 Å². The normalized spacial score (nSPS) is 19.1. The Labute approximate surface area is 191 Å². The summed E-state index contributed by atoms with van der Waals surface area (Å²) >= 11 is 1.29. The zero-order valence-corrected chi connectivity index (χ0v) is 19.3. The van der Waals surface area contributed by atoms with Crippen LogP contribution in [0.5, 0.6) is 0 Å². The molecule has 0 bridgehead atoms. The van der Waals surface area contributed by atoms with Crippen molar-refractivity contribution in [2.45, 2.75) is 38.1 Å². The Morgan fingerprint density at radius 1 is 1.06 bits per heavy atom. The van der Waals surface area contributed by atoms with Crippen LogP contribution in [0.1, 0.15) is 32.1 Å². The van der Waals surface area contributed by atoms with E-state index >= 15 is 0 Å². The molecular formula is C21H27N5O4S2. The van der Waals surface area contributed by atoms with Crippen LogP contribution in [0.2, 0.25) is 0 Å². The standard InChI is InChI=1S/C21H27N5O4S2/c27-19(26-13-4-5-18(26)20(28)23-21-22-10-14-31-21)15-32(29,30)24-16-6-8-17(9-7-16)25-11-2-1-3-12-25/h6-10,14,18,24H,1-5,11-13,15H2,(H,22,23,28). The van der Waals surface area contributed by atoms with Crippen LogP contribution in [-0.2, 0) is 19.6 Å². The van der Waals surface area contributed by atoms with E-state index in [9.17, 15) is 18.0 Å². The van der Waals surface area contributed by atoms with E-state index < -0.39 is 27.7 Å². The van der Waals surface area contributed by atoms with Gasteiger partial charge < -0.3 is 15.1 Å². The molecule has 11 heteroatoms. The van der Waals surface area contributed by atoms with Crippen molar-refractivity contribution < 1.29 is 18.0 Å². The summed E-state index contributed by atoms with van der Waals surface area (Å²) in [4.78, 5) is 32.9. The molecule has 0 aliphatic carbocycles. The molecule has 1 aromatic heterocycles. The molecule has 4 rings (SSSR count). The minimum atomic E-state index is -3.90. The van der Waals surface area contributed by atoms with Crippen molar-refractivity contribution in [2.24, 2.45) is 0 Å². The Bertz CT molecular complexity index is 1030. The summed E-state index contributed by atoms with van der Waals surface area (Å²) in [5.74, 6) is -1.63. The van der Waals surface area contributed by atoms with Crippen molar-refractivity contribution in [3.63, 3.8) is 0 Å². The van der Waals surface area contributed by atoms with E-state index in [1.54, 1.807) is 23.7 Å². The number of hydrogen-bond donors (Lipinski definition) is 2. The first-order valence-electron chi connectivity index (χ1n) is 10.8. The van der Waals surface area contributed by atoms with Gasteiger partial charge in [0.25, 0.3) is 0 Å². The van der Waals surface area contributed by atoms with Crippen molar-refractivity contribution in [2.75, 3.05) is 40.3 Å². The molecule has 2 saturated heterocycles. The number of nitrogens with zero attached hydrogens (tertiary/aromatic N) is 3. The number of rotatable bonds is 7. The summed E-state index contributed by atoms with van der Waals surface area (Å²) in [6.45, 7) is 2.37. The smallest absolute Gasteiger partial charge is 0.248 e. The summed E-state index contributed by atoms with van der Waals surface area (Å²) in [5.41, 5.74) is 1.48. The van der Waals surface area contributed by atoms with Gasteiger partial charge >= 0.3 is 0 Å². The summed E-state index contributed by atoms with van der Waals surface area (Å²) in [6, 6.07) is 6.53. The molecule has 0 saturated carbocycles. The predicted molar refractivity (Wildman–Crippen MR) is 125 cm³/mol. The lowest BCUT2D eigenvalue weighted by Crippen LogP contribution is -2.45. The molecule has 2 N–H and O–H groups in total. The Morgan fingerprint density at radius 3 is 2.50 bits per heavy atom. The molecule has 172 valence electrons. The number of benzene rings is 1. The molecule has 0 radical (unpaired) electrons. The fourth-order valence-electron chi connectivity index (χ4n) is 4.17. The number of aromatic nitrogens is 1. The number of likely N-dealkylation sites (tertiary alicyclic amines) is 1. The minimum absolute atomic E-state index is 0.343. The fourth-order valence-corrected chi connectivity index (χ4v) is 5.76. The van der Waals surface area contributed by atoms with Crippen LogP contribution in [0.15, 0.2) is 35.8 Å². The second-order valence-electron chi connectivity index (χ2n) is 8.03. The molecule has 32 heavy (non-hydrogen) atoms. The zero-order valence-electron chi connectivity index (χ0n) is 17.7. The first-order valence-corrected chi connectivity index (χ1v) is 13.3. The number of anilines is 3. The fraction of sp³-hybridized carbons (Fsp3) is 0.476. The highest BCUT2D eigenvalue weighted by Crippen LogP contribution is 2.23. The van der Waals surface area contributed by atoms with Crippen LogP contribution in [0.3, 0.4) is 0 Å². The highest BCUT2D eigenvalue weighted by atomic mass is 32.2. The molecule has 1 unspecified atom stereocenters. The maximum absolute atomic E-state index is 12.7. The predicted octanol–water partition coefficient (Wildman–Crippen LogP) is 2.50. The van der Waals surface area contributed by atoms with Crippen molar-refractivity contribution in [3.05, 3.63) is 35.8 Å². The van der Waals surface area contributed by atoms with Crippen LogP contribution in [0.25, 0.3) is 0 Å². The molecule has 2 aromatic rings. The summed E-state index contributed by atoms with van der Waals surface area (Å²) in [5, 5.41) is 4.88. The molecule has 9 nitrogen and oxygen atoms in total. The second kappa shape index (κ2) is 9.86. The monoisotopic (exact) mass is 477 g/mol. The quantitative estimate of drug-likeness (QED) is 0.634. The van der Waals surface area contributed by atoms with E-state index in [1.165, 1.54) is 22.7 Å². The van der Waals surface area contributed by atoms with E-state index in [1.807, 2.05) is 12.1 Å². The average molecular weight is 478 g/mol. The van der Waals surface area contributed by atoms with Gasteiger partial charge in [-0.05, 0) is 56.4 Å². The number of nitrogens with one attached hydrogen (secondary N) is 2. The lowest BCUT2D eigenvalue weighted by Gasteiger charge is -2.28. The highest BCUT2D eigenvalue weighted by Gasteiger charge is 2.36. The third kappa shape index (κ3) is 5.57. The third-order valence-corrected chi connectivity index (χ3v) is 7.58. The number of sulfonamides is 1. The van der Waals surface area contributed by atoms with Gasteiger partial charge in [-0.2, -0.15) is 0 Å². The van der Waals surface area contributed by atoms with Crippen LogP contribution < -0.4 is 14.9 Å². The first-order chi connectivity index (χ1) is 15.4.